The molecule has 7 nitrogen and oxygen atoms in total. The average molecular weight is 283 g/mol. The lowest BCUT2D eigenvalue weighted by Gasteiger charge is -2.15. The summed E-state index contributed by atoms with van der Waals surface area (Å²) in [7, 11) is 1.50. The molecule has 1 amide bonds. The second-order valence-corrected chi connectivity index (χ2v) is 4.62. The Kier molecular flexibility index (Phi) is 6.33. The highest BCUT2D eigenvalue weighted by Crippen LogP contribution is 2.02. The number of aromatic amines is 1. The molecule has 0 spiro atoms. The fraction of sp³-hybridized carbons (Fsp3) is 0.615. The zero-order valence-corrected chi connectivity index (χ0v) is 12.0. The number of hydrogen-bond acceptors (Lipinski definition) is 5. The molecule has 0 aliphatic carbocycles. The summed E-state index contributed by atoms with van der Waals surface area (Å²) >= 11 is 0. The number of rotatable bonds is 7. The number of carbonyl (C=O) groups excluding carboxylic acids is 1. The fourth-order valence-electron chi connectivity index (χ4n) is 1.93. The Morgan fingerprint density at radius 2 is 2.20 bits per heavy atom. The summed E-state index contributed by atoms with van der Waals surface area (Å²) < 4.78 is 4.87. The highest BCUT2D eigenvalue weighted by Gasteiger charge is 2.13. The van der Waals surface area contributed by atoms with E-state index in [1.807, 2.05) is 0 Å². The van der Waals surface area contributed by atoms with Crippen LogP contribution in [-0.2, 0) is 16.0 Å². The second-order valence-electron chi connectivity index (χ2n) is 4.62. The van der Waals surface area contributed by atoms with E-state index >= 15 is 0 Å². The predicted molar refractivity (Wildman–Crippen MR) is 73.5 cm³/mol. The summed E-state index contributed by atoms with van der Waals surface area (Å²) in [6.07, 6.45) is 0.473. The van der Waals surface area contributed by atoms with Gasteiger partial charge < -0.3 is 20.1 Å². The number of methoxy groups -OCH3 is 1. The van der Waals surface area contributed by atoms with Gasteiger partial charge in [-0.3, -0.25) is 9.59 Å². The van der Waals surface area contributed by atoms with Crippen molar-refractivity contribution >= 4 is 5.91 Å². The number of carbonyl (C=O) groups is 1. The van der Waals surface area contributed by atoms with E-state index in [-0.39, 0.29) is 31.1 Å². The van der Waals surface area contributed by atoms with Crippen LogP contribution in [0.1, 0.15) is 23.5 Å². The molecule has 112 valence electrons. The number of nitrogens with zero attached hydrogens (tertiary/aromatic N) is 1. The van der Waals surface area contributed by atoms with E-state index in [1.54, 1.807) is 13.8 Å². The van der Waals surface area contributed by atoms with Crippen molar-refractivity contribution in [2.24, 2.45) is 0 Å². The van der Waals surface area contributed by atoms with Crippen LogP contribution in [0.3, 0.4) is 0 Å². The topological polar surface area (TPSA) is 104 Å². The Bertz CT molecular complexity index is 513. The van der Waals surface area contributed by atoms with E-state index in [9.17, 15) is 9.59 Å². The molecule has 0 saturated carbocycles. The maximum absolute atomic E-state index is 11.8. The Labute approximate surface area is 117 Å². The van der Waals surface area contributed by atoms with Crippen molar-refractivity contribution in [1.29, 1.82) is 0 Å². The van der Waals surface area contributed by atoms with Crippen LogP contribution in [-0.4, -0.2) is 47.3 Å². The quantitative estimate of drug-likeness (QED) is 0.622. The number of H-pyrrole nitrogens is 1. The third-order valence-electron chi connectivity index (χ3n) is 2.90. The van der Waals surface area contributed by atoms with E-state index in [0.717, 1.165) is 0 Å². The minimum Gasteiger partial charge on any atom is -0.394 e. The van der Waals surface area contributed by atoms with Crippen molar-refractivity contribution in [2.75, 3.05) is 20.3 Å². The zero-order chi connectivity index (χ0) is 15.1. The zero-order valence-electron chi connectivity index (χ0n) is 12.0. The van der Waals surface area contributed by atoms with Gasteiger partial charge in [0, 0.05) is 24.8 Å². The Morgan fingerprint density at radius 3 is 2.75 bits per heavy atom. The second kappa shape index (κ2) is 7.76. The molecule has 0 saturated heterocycles. The van der Waals surface area contributed by atoms with Crippen molar-refractivity contribution in [3.05, 3.63) is 27.4 Å². The Hall–Kier alpha value is -1.73. The van der Waals surface area contributed by atoms with Gasteiger partial charge in [0.15, 0.2) is 0 Å². The van der Waals surface area contributed by atoms with Gasteiger partial charge in [0.05, 0.1) is 19.3 Å². The van der Waals surface area contributed by atoms with Crippen molar-refractivity contribution in [3.63, 3.8) is 0 Å². The van der Waals surface area contributed by atoms with E-state index < -0.39 is 6.04 Å². The molecule has 1 aromatic rings. The lowest BCUT2D eigenvalue weighted by atomic mass is 10.1. The third-order valence-corrected chi connectivity index (χ3v) is 2.90. The number of aryl methyl sites for hydroxylation is 2. The highest BCUT2D eigenvalue weighted by molar-refractivity contribution is 5.76. The summed E-state index contributed by atoms with van der Waals surface area (Å²) in [6, 6.07) is -0.428. The van der Waals surface area contributed by atoms with Gasteiger partial charge >= 0.3 is 0 Å². The standard InChI is InChI=1S/C13H21N3O4/c1-8-11(13(19)15-9(2)14-8)4-5-12(18)16-10(6-17)7-20-3/h10,17H,4-7H2,1-3H3,(H,16,18)(H,14,15,19). The van der Waals surface area contributed by atoms with Gasteiger partial charge in [-0.1, -0.05) is 0 Å². The van der Waals surface area contributed by atoms with Crippen LogP contribution in [0.2, 0.25) is 0 Å². The number of amides is 1. The van der Waals surface area contributed by atoms with Crippen LogP contribution in [0.4, 0.5) is 0 Å². The third kappa shape index (κ3) is 4.75. The minimum absolute atomic E-state index is 0.162. The van der Waals surface area contributed by atoms with Gasteiger partial charge in [-0.05, 0) is 20.3 Å². The molecule has 7 heteroatoms. The van der Waals surface area contributed by atoms with Crippen molar-refractivity contribution in [2.45, 2.75) is 32.7 Å². The van der Waals surface area contributed by atoms with E-state index in [0.29, 0.717) is 23.5 Å². The fourth-order valence-corrected chi connectivity index (χ4v) is 1.93. The monoisotopic (exact) mass is 283 g/mol. The molecule has 1 aromatic heterocycles. The summed E-state index contributed by atoms with van der Waals surface area (Å²) in [4.78, 5) is 30.3. The lowest BCUT2D eigenvalue weighted by Crippen LogP contribution is -2.40. The van der Waals surface area contributed by atoms with Crippen LogP contribution in [0.5, 0.6) is 0 Å². The molecule has 0 fully saturated rings. The molecule has 1 unspecified atom stereocenters. The SMILES string of the molecule is COCC(CO)NC(=O)CCc1c(C)nc(C)[nH]c1=O. The van der Waals surface area contributed by atoms with Gasteiger partial charge in [-0.25, -0.2) is 4.98 Å². The first-order chi connectivity index (χ1) is 9.47. The summed E-state index contributed by atoms with van der Waals surface area (Å²) in [5.74, 6) is 0.321. The van der Waals surface area contributed by atoms with E-state index in [1.165, 1.54) is 7.11 Å². The first kappa shape index (κ1) is 16.3. The molecule has 0 aliphatic rings. The molecule has 3 N–H and O–H groups in total. The Morgan fingerprint density at radius 1 is 1.50 bits per heavy atom. The van der Waals surface area contributed by atoms with Gasteiger partial charge in [-0.2, -0.15) is 0 Å². The number of nitrogens with one attached hydrogen (secondary N) is 2. The van der Waals surface area contributed by atoms with Gasteiger partial charge in [0.25, 0.3) is 5.56 Å². The molecule has 0 aliphatic heterocycles. The van der Waals surface area contributed by atoms with Crippen LogP contribution in [0.25, 0.3) is 0 Å². The summed E-state index contributed by atoms with van der Waals surface area (Å²) in [5.41, 5.74) is 0.936. The van der Waals surface area contributed by atoms with Gasteiger partial charge in [0.2, 0.25) is 5.91 Å². The maximum atomic E-state index is 11.8. The molecular formula is C13H21N3O4. The van der Waals surface area contributed by atoms with Crippen LogP contribution < -0.4 is 10.9 Å². The van der Waals surface area contributed by atoms with Crippen LogP contribution in [0.15, 0.2) is 4.79 Å². The molecule has 1 rings (SSSR count). The predicted octanol–water partition coefficient (Wildman–Crippen LogP) is -0.557. The van der Waals surface area contributed by atoms with Gasteiger partial charge in [-0.15, -0.1) is 0 Å². The average Bonchev–Trinajstić information content (AvgIpc) is 2.36. The number of ether oxygens (including phenoxy) is 1. The summed E-state index contributed by atoms with van der Waals surface area (Å²) in [5, 5.41) is 11.7. The molecule has 0 aromatic carbocycles. The number of aliphatic hydroxyl groups excluding tert-OH is 1. The molecule has 20 heavy (non-hydrogen) atoms. The number of hydrogen-bond donors (Lipinski definition) is 3. The lowest BCUT2D eigenvalue weighted by molar-refractivity contribution is -0.122. The maximum Gasteiger partial charge on any atom is 0.254 e. The molecule has 1 heterocycles. The molecule has 0 bridgehead atoms. The number of aliphatic hydroxyl groups is 1. The van der Waals surface area contributed by atoms with E-state index in [4.69, 9.17) is 9.84 Å². The van der Waals surface area contributed by atoms with Crippen molar-refractivity contribution in [3.8, 4) is 0 Å². The largest absolute Gasteiger partial charge is 0.394 e. The highest BCUT2D eigenvalue weighted by atomic mass is 16.5. The molecular weight excluding hydrogens is 262 g/mol. The van der Waals surface area contributed by atoms with Crippen LogP contribution >= 0.6 is 0 Å². The van der Waals surface area contributed by atoms with Gasteiger partial charge in [0.1, 0.15) is 5.82 Å². The Balaban J connectivity index is 2.59. The number of aromatic nitrogens is 2. The first-order valence-electron chi connectivity index (χ1n) is 6.43. The van der Waals surface area contributed by atoms with Crippen molar-refractivity contribution in [1.82, 2.24) is 15.3 Å². The molecule has 0 radical (unpaired) electrons. The van der Waals surface area contributed by atoms with E-state index in [2.05, 4.69) is 15.3 Å². The van der Waals surface area contributed by atoms with Crippen molar-refractivity contribution < 1.29 is 14.6 Å². The van der Waals surface area contributed by atoms with Crippen LogP contribution in [0, 0.1) is 13.8 Å². The normalized spacial score (nSPS) is 12.2. The first-order valence-corrected chi connectivity index (χ1v) is 6.43. The summed E-state index contributed by atoms with van der Waals surface area (Å²) in [6.45, 7) is 3.51. The molecule has 1 atom stereocenters. The minimum atomic E-state index is -0.428. The smallest absolute Gasteiger partial charge is 0.254 e.